The number of benzene rings is 1. The summed E-state index contributed by atoms with van der Waals surface area (Å²) >= 11 is 0. The van der Waals surface area contributed by atoms with Crippen molar-refractivity contribution in [2.45, 2.75) is 6.92 Å². The van der Waals surface area contributed by atoms with Gasteiger partial charge in [-0.05, 0) is 24.6 Å². The Bertz CT molecular complexity index is 604. The van der Waals surface area contributed by atoms with Gasteiger partial charge >= 0.3 is 0 Å². The van der Waals surface area contributed by atoms with Crippen molar-refractivity contribution < 1.29 is 14.2 Å². The van der Waals surface area contributed by atoms with Crippen molar-refractivity contribution in [1.29, 1.82) is 0 Å². The molecule has 0 aliphatic carbocycles. The Labute approximate surface area is 117 Å². The number of methoxy groups -OCH3 is 3. The fourth-order valence-corrected chi connectivity index (χ4v) is 1.97. The highest BCUT2D eigenvalue weighted by Crippen LogP contribution is 2.41. The highest BCUT2D eigenvalue weighted by molar-refractivity contribution is 5.71. The molecular formula is C14H17N3O3. The number of ether oxygens (including phenoxy) is 3. The number of hydrogen-bond donors (Lipinski definition) is 1. The van der Waals surface area contributed by atoms with Crippen LogP contribution in [-0.2, 0) is 0 Å². The van der Waals surface area contributed by atoms with Crippen molar-refractivity contribution in [1.82, 2.24) is 9.97 Å². The maximum atomic E-state index is 5.65. The van der Waals surface area contributed by atoms with E-state index in [4.69, 9.17) is 19.9 Å². The monoisotopic (exact) mass is 275 g/mol. The van der Waals surface area contributed by atoms with Gasteiger partial charge in [0.2, 0.25) is 11.7 Å². The molecule has 0 saturated carbocycles. The molecule has 1 aromatic carbocycles. The minimum Gasteiger partial charge on any atom is -0.493 e. The van der Waals surface area contributed by atoms with Crippen molar-refractivity contribution in [3.8, 4) is 28.5 Å². The second-order valence-electron chi connectivity index (χ2n) is 4.17. The molecule has 20 heavy (non-hydrogen) atoms. The van der Waals surface area contributed by atoms with Crippen molar-refractivity contribution in [2.75, 3.05) is 27.1 Å². The Kier molecular flexibility index (Phi) is 3.93. The first-order valence-electron chi connectivity index (χ1n) is 6.00. The van der Waals surface area contributed by atoms with Crippen LogP contribution in [0.15, 0.2) is 18.3 Å². The van der Waals surface area contributed by atoms with Gasteiger partial charge in [0, 0.05) is 11.8 Å². The van der Waals surface area contributed by atoms with Gasteiger partial charge in [-0.25, -0.2) is 9.97 Å². The van der Waals surface area contributed by atoms with Crippen molar-refractivity contribution >= 4 is 5.95 Å². The molecule has 6 nitrogen and oxygen atoms in total. The summed E-state index contributed by atoms with van der Waals surface area (Å²) in [6, 6.07) is 3.66. The molecule has 1 heterocycles. The molecule has 0 radical (unpaired) electrons. The lowest BCUT2D eigenvalue weighted by Crippen LogP contribution is -2.00. The number of anilines is 1. The summed E-state index contributed by atoms with van der Waals surface area (Å²) in [5.41, 5.74) is 8.12. The number of rotatable bonds is 4. The highest BCUT2D eigenvalue weighted by atomic mass is 16.5. The quantitative estimate of drug-likeness (QED) is 0.920. The third-order valence-electron chi connectivity index (χ3n) is 2.93. The second kappa shape index (κ2) is 5.64. The van der Waals surface area contributed by atoms with Crippen LogP contribution in [0, 0.1) is 6.92 Å². The second-order valence-corrected chi connectivity index (χ2v) is 4.17. The molecule has 0 aliphatic rings. The smallest absolute Gasteiger partial charge is 0.220 e. The molecule has 0 aliphatic heterocycles. The van der Waals surface area contributed by atoms with Crippen molar-refractivity contribution in [3.05, 3.63) is 23.9 Å². The van der Waals surface area contributed by atoms with Gasteiger partial charge in [0.15, 0.2) is 11.5 Å². The third kappa shape index (κ3) is 2.45. The molecule has 0 fully saturated rings. The topological polar surface area (TPSA) is 79.5 Å². The molecule has 2 N–H and O–H groups in total. The maximum Gasteiger partial charge on any atom is 0.220 e. The van der Waals surface area contributed by atoms with Crippen LogP contribution < -0.4 is 19.9 Å². The molecule has 2 rings (SSSR count). The molecule has 0 unspecified atom stereocenters. The van der Waals surface area contributed by atoms with Crippen LogP contribution in [0.25, 0.3) is 11.3 Å². The number of hydrogen-bond acceptors (Lipinski definition) is 6. The average Bonchev–Trinajstić information content (AvgIpc) is 2.48. The Morgan fingerprint density at radius 1 is 1.00 bits per heavy atom. The average molecular weight is 275 g/mol. The fourth-order valence-electron chi connectivity index (χ4n) is 1.97. The molecule has 0 amide bonds. The first-order chi connectivity index (χ1) is 9.60. The van der Waals surface area contributed by atoms with E-state index in [1.54, 1.807) is 27.5 Å². The molecular weight excluding hydrogens is 258 g/mol. The summed E-state index contributed by atoms with van der Waals surface area (Å²) in [5, 5.41) is 0. The van der Waals surface area contributed by atoms with E-state index in [1.807, 2.05) is 19.1 Å². The lowest BCUT2D eigenvalue weighted by Gasteiger charge is -2.14. The van der Waals surface area contributed by atoms with Gasteiger partial charge in [-0.1, -0.05) is 0 Å². The Hall–Kier alpha value is -2.50. The van der Waals surface area contributed by atoms with Gasteiger partial charge in [-0.15, -0.1) is 0 Å². The minimum atomic E-state index is 0.222. The van der Waals surface area contributed by atoms with E-state index < -0.39 is 0 Å². The molecule has 0 atom stereocenters. The van der Waals surface area contributed by atoms with E-state index in [0.717, 1.165) is 16.8 Å². The largest absolute Gasteiger partial charge is 0.493 e. The summed E-state index contributed by atoms with van der Waals surface area (Å²) in [6.45, 7) is 1.91. The van der Waals surface area contributed by atoms with Crippen molar-refractivity contribution in [2.24, 2.45) is 0 Å². The van der Waals surface area contributed by atoms with E-state index in [1.165, 1.54) is 0 Å². The zero-order chi connectivity index (χ0) is 14.7. The van der Waals surface area contributed by atoms with Gasteiger partial charge in [0.05, 0.1) is 27.0 Å². The maximum absolute atomic E-state index is 5.65. The summed E-state index contributed by atoms with van der Waals surface area (Å²) in [5.74, 6) is 1.90. The predicted molar refractivity (Wildman–Crippen MR) is 76.3 cm³/mol. The molecule has 0 spiro atoms. The normalized spacial score (nSPS) is 10.2. The molecule has 0 bridgehead atoms. The van der Waals surface area contributed by atoms with Crippen LogP contribution in [0.1, 0.15) is 5.56 Å². The standard InChI is InChI=1S/C14H17N3O3/c1-8-7-16-14(15)17-12(8)9-5-10(18-2)13(20-4)11(6-9)19-3/h5-7H,1-4H3,(H2,15,16,17). The van der Waals surface area contributed by atoms with Gasteiger partial charge < -0.3 is 19.9 Å². The number of nitrogens with zero attached hydrogens (tertiary/aromatic N) is 2. The zero-order valence-corrected chi connectivity index (χ0v) is 11.9. The van der Waals surface area contributed by atoms with Crippen LogP contribution >= 0.6 is 0 Å². The lowest BCUT2D eigenvalue weighted by molar-refractivity contribution is 0.324. The molecule has 6 heteroatoms. The van der Waals surface area contributed by atoms with E-state index in [9.17, 15) is 0 Å². The Balaban J connectivity index is 2.65. The summed E-state index contributed by atoms with van der Waals surface area (Å²) in [6.07, 6.45) is 1.68. The highest BCUT2D eigenvalue weighted by Gasteiger charge is 2.16. The molecule has 2 aromatic rings. The predicted octanol–water partition coefficient (Wildman–Crippen LogP) is 2.06. The van der Waals surface area contributed by atoms with Gasteiger partial charge in [-0.2, -0.15) is 0 Å². The van der Waals surface area contributed by atoms with Crippen LogP contribution in [0.2, 0.25) is 0 Å². The SMILES string of the molecule is COc1cc(-c2nc(N)ncc2C)cc(OC)c1OC. The first-order valence-corrected chi connectivity index (χ1v) is 6.00. The summed E-state index contributed by atoms with van der Waals surface area (Å²) in [7, 11) is 4.71. The Morgan fingerprint density at radius 2 is 1.60 bits per heavy atom. The molecule has 1 aromatic heterocycles. The van der Waals surface area contributed by atoms with Crippen LogP contribution in [-0.4, -0.2) is 31.3 Å². The third-order valence-corrected chi connectivity index (χ3v) is 2.93. The van der Waals surface area contributed by atoms with E-state index in [-0.39, 0.29) is 5.95 Å². The zero-order valence-electron chi connectivity index (χ0n) is 11.9. The molecule has 106 valence electrons. The van der Waals surface area contributed by atoms with Crippen LogP contribution in [0.3, 0.4) is 0 Å². The van der Waals surface area contributed by atoms with Gasteiger partial charge in [0.25, 0.3) is 0 Å². The summed E-state index contributed by atoms with van der Waals surface area (Å²) < 4.78 is 16.0. The summed E-state index contributed by atoms with van der Waals surface area (Å²) in [4.78, 5) is 8.23. The Morgan fingerprint density at radius 3 is 2.10 bits per heavy atom. The fraction of sp³-hybridized carbons (Fsp3) is 0.286. The molecule has 0 saturated heterocycles. The van der Waals surface area contributed by atoms with Crippen molar-refractivity contribution in [3.63, 3.8) is 0 Å². The van der Waals surface area contributed by atoms with E-state index in [0.29, 0.717) is 17.2 Å². The minimum absolute atomic E-state index is 0.222. The number of aryl methyl sites for hydroxylation is 1. The number of aromatic nitrogens is 2. The van der Waals surface area contributed by atoms with Gasteiger partial charge in [-0.3, -0.25) is 0 Å². The number of nitrogens with two attached hydrogens (primary N) is 1. The first kappa shape index (κ1) is 13.9. The van der Waals surface area contributed by atoms with Crippen LogP contribution in [0.4, 0.5) is 5.95 Å². The van der Waals surface area contributed by atoms with Gasteiger partial charge in [0.1, 0.15) is 0 Å². The lowest BCUT2D eigenvalue weighted by atomic mass is 10.1. The van der Waals surface area contributed by atoms with E-state index >= 15 is 0 Å². The van der Waals surface area contributed by atoms with E-state index in [2.05, 4.69) is 9.97 Å². The number of nitrogen functional groups attached to an aromatic ring is 1. The van der Waals surface area contributed by atoms with Crippen LogP contribution in [0.5, 0.6) is 17.2 Å².